The van der Waals surface area contributed by atoms with Gasteiger partial charge in [-0.2, -0.15) is 0 Å². The van der Waals surface area contributed by atoms with E-state index < -0.39 is 5.82 Å². The van der Waals surface area contributed by atoms with E-state index in [0.717, 1.165) is 30.7 Å². The van der Waals surface area contributed by atoms with Crippen LogP contribution in [0.4, 0.5) is 10.1 Å². The number of ether oxygens (including phenoxy) is 1. The Hall–Kier alpha value is -2.27. The fourth-order valence-electron chi connectivity index (χ4n) is 2.79. The summed E-state index contributed by atoms with van der Waals surface area (Å²) in [5.74, 6) is -0.630. The van der Waals surface area contributed by atoms with E-state index in [1.807, 2.05) is 6.92 Å². The summed E-state index contributed by atoms with van der Waals surface area (Å²) in [7, 11) is 0. The summed E-state index contributed by atoms with van der Waals surface area (Å²) >= 11 is 0. The van der Waals surface area contributed by atoms with Crippen LogP contribution in [0.15, 0.2) is 42.7 Å². The first-order valence-electron chi connectivity index (χ1n) is 7.75. The van der Waals surface area contributed by atoms with E-state index in [1.54, 1.807) is 35.5 Å². The zero-order valence-electron chi connectivity index (χ0n) is 13.0. The molecule has 0 bridgehead atoms. The third kappa shape index (κ3) is 3.56. The number of carbonyl (C=O) groups excluding carboxylic acids is 1. The standard InChI is InChI=1S/C18H19FN2O2/c1-13-4-5-14(19)11-17(13)18(22)21(12-16-3-2-10-23-16)15-6-8-20-9-7-15/h4-9,11,16H,2-3,10,12H2,1H3/t16-/m1/s1. The molecule has 1 atom stereocenters. The molecule has 2 aromatic rings. The van der Waals surface area contributed by atoms with Gasteiger partial charge in [0.05, 0.1) is 12.6 Å². The highest BCUT2D eigenvalue weighted by Crippen LogP contribution is 2.22. The Morgan fingerprint density at radius 1 is 1.35 bits per heavy atom. The third-order valence-corrected chi connectivity index (χ3v) is 4.06. The summed E-state index contributed by atoms with van der Waals surface area (Å²) in [6.45, 7) is 2.99. The average molecular weight is 314 g/mol. The van der Waals surface area contributed by atoms with E-state index in [4.69, 9.17) is 4.74 Å². The quantitative estimate of drug-likeness (QED) is 0.869. The molecule has 0 saturated carbocycles. The van der Waals surface area contributed by atoms with E-state index in [0.29, 0.717) is 12.1 Å². The zero-order chi connectivity index (χ0) is 16.2. The molecule has 1 aliphatic heterocycles. The number of aromatic nitrogens is 1. The van der Waals surface area contributed by atoms with Crippen LogP contribution in [0.25, 0.3) is 0 Å². The molecule has 1 amide bonds. The van der Waals surface area contributed by atoms with Gasteiger partial charge in [-0.05, 0) is 49.6 Å². The van der Waals surface area contributed by atoms with Crippen molar-refractivity contribution < 1.29 is 13.9 Å². The lowest BCUT2D eigenvalue weighted by Gasteiger charge is -2.26. The van der Waals surface area contributed by atoms with E-state index in [-0.39, 0.29) is 12.0 Å². The lowest BCUT2D eigenvalue weighted by Crippen LogP contribution is -2.38. The minimum atomic E-state index is -0.411. The second-order valence-corrected chi connectivity index (χ2v) is 5.72. The molecule has 23 heavy (non-hydrogen) atoms. The number of hydrogen-bond donors (Lipinski definition) is 0. The smallest absolute Gasteiger partial charge is 0.258 e. The summed E-state index contributed by atoms with van der Waals surface area (Å²) in [6, 6.07) is 7.84. The average Bonchev–Trinajstić information content (AvgIpc) is 3.08. The maximum Gasteiger partial charge on any atom is 0.258 e. The van der Waals surface area contributed by atoms with Gasteiger partial charge >= 0.3 is 0 Å². The number of anilines is 1. The van der Waals surface area contributed by atoms with Crippen LogP contribution in [0.1, 0.15) is 28.8 Å². The Bertz CT molecular complexity index is 685. The van der Waals surface area contributed by atoms with Crippen molar-refractivity contribution in [2.24, 2.45) is 0 Å². The first-order valence-corrected chi connectivity index (χ1v) is 7.75. The molecule has 120 valence electrons. The SMILES string of the molecule is Cc1ccc(F)cc1C(=O)N(C[C@H]1CCCO1)c1ccncc1. The van der Waals surface area contributed by atoms with Crippen LogP contribution in [0, 0.1) is 12.7 Å². The van der Waals surface area contributed by atoms with Crippen molar-refractivity contribution in [3.8, 4) is 0 Å². The van der Waals surface area contributed by atoms with E-state index >= 15 is 0 Å². The molecule has 4 nitrogen and oxygen atoms in total. The molecule has 3 rings (SSSR count). The van der Waals surface area contributed by atoms with Gasteiger partial charge in [0, 0.05) is 30.3 Å². The summed E-state index contributed by atoms with van der Waals surface area (Å²) in [5.41, 5.74) is 1.87. The van der Waals surface area contributed by atoms with Crippen LogP contribution in [0.5, 0.6) is 0 Å². The Morgan fingerprint density at radius 2 is 2.13 bits per heavy atom. The van der Waals surface area contributed by atoms with E-state index in [1.165, 1.54) is 12.1 Å². The van der Waals surface area contributed by atoms with Gasteiger partial charge < -0.3 is 9.64 Å². The molecular formula is C18H19FN2O2. The molecule has 1 aromatic carbocycles. The van der Waals surface area contributed by atoms with Crippen molar-refractivity contribution in [1.29, 1.82) is 0 Å². The maximum atomic E-state index is 13.6. The molecule has 1 aliphatic rings. The Morgan fingerprint density at radius 3 is 2.83 bits per heavy atom. The summed E-state index contributed by atoms with van der Waals surface area (Å²) < 4.78 is 19.2. The molecule has 0 spiro atoms. The van der Waals surface area contributed by atoms with Crippen molar-refractivity contribution >= 4 is 11.6 Å². The van der Waals surface area contributed by atoms with Crippen molar-refractivity contribution in [2.75, 3.05) is 18.1 Å². The number of halogens is 1. The number of aryl methyl sites for hydroxylation is 1. The molecule has 0 N–H and O–H groups in total. The second kappa shape index (κ2) is 6.87. The number of amides is 1. The van der Waals surface area contributed by atoms with Crippen LogP contribution in [-0.4, -0.2) is 30.1 Å². The Labute approximate surface area is 134 Å². The van der Waals surface area contributed by atoms with Crippen molar-refractivity contribution in [3.63, 3.8) is 0 Å². The van der Waals surface area contributed by atoms with Gasteiger partial charge in [-0.3, -0.25) is 9.78 Å². The van der Waals surface area contributed by atoms with Gasteiger partial charge in [0.2, 0.25) is 0 Å². The fourth-order valence-corrected chi connectivity index (χ4v) is 2.79. The fraction of sp³-hybridized carbons (Fsp3) is 0.333. The monoisotopic (exact) mass is 314 g/mol. The minimum Gasteiger partial charge on any atom is -0.376 e. The molecule has 0 radical (unpaired) electrons. The molecule has 1 fully saturated rings. The van der Waals surface area contributed by atoms with Gasteiger partial charge in [-0.15, -0.1) is 0 Å². The molecular weight excluding hydrogens is 295 g/mol. The lowest BCUT2D eigenvalue weighted by molar-refractivity contribution is 0.0916. The first-order chi connectivity index (χ1) is 11.1. The third-order valence-electron chi connectivity index (χ3n) is 4.06. The largest absolute Gasteiger partial charge is 0.376 e. The number of benzene rings is 1. The summed E-state index contributed by atoms with van der Waals surface area (Å²) in [6.07, 6.45) is 5.23. The summed E-state index contributed by atoms with van der Waals surface area (Å²) in [4.78, 5) is 18.6. The van der Waals surface area contributed by atoms with Crippen LogP contribution < -0.4 is 4.90 Å². The number of rotatable bonds is 4. The number of pyridine rings is 1. The normalized spacial score (nSPS) is 17.2. The molecule has 5 heteroatoms. The molecule has 1 aromatic heterocycles. The van der Waals surface area contributed by atoms with Gasteiger partial charge in [-0.25, -0.2) is 4.39 Å². The molecule has 0 aliphatic carbocycles. The van der Waals surface area contributed by atoms with Crippen molar-refractivity contribution in [2.45, 2.75) is 25.9 Å². The van der Waals surface area contributed by atoms with Crippen molar-refractivity contribution in [1.82, 2.24) is 4.98 Å². The second-order valence-electron chi connectivity index (χ2n) is 5.72. The lowest BCUT2D eigenvalue weighted by atomic mass is 10.1. The highest BCUT2D eigenvalue weighted by molar-refractivity contribution is 6.07. The predicted octanol–water partition coefficient (Wildman–Crippen LogP) is 3.35. The van der Waals surface area contributed by atoms with Gasteiger partial charge in [0.15, 0.2) is 0 Å². The van der Waals surface area contributed by atoms with Gasteiger partial charge in [0.25, 0.3) is 5.91 Å². The first kappa shape index (κ1) is 15.6. The van der Waals surface area contributed by atoms with E-state index in [9.17, 15) is 9.18 Å². The van der Waals surface area contributed by atoms with Crippen LogP contribution in [0.2, 0.25) is 0 Å². The number of carbonyl (C=O) groups is 1. The highest BCUT2D eigenvalue weighted by Gasteiger charge is 2.25. The molecule has 2 heterocycles. The number of hydrogen-bond acceptors (Lipinski definition) is 3. The van der Waals surface area contributed by atoms with Gasteiger partial charge in [-0.1, -0.05) is 6.07 Å². The van der Waals surface area contributed by atoms with Gasteiger partial charge in [0.1, 0.15) is 5.82 Å². The van der Waals surface area contributed by atoms with Crippen LogP contribution in [0.3, 0.4) is 0 Å². The van der Waals surface area contributed by atoms with Crippen molar-refractivity contribution in [3.05, 3.63) is 59.7 Å². The maximum absolute atomic E-state index is 13.6. The van der Waals surface area contributed by atoms with Crippen LogP contribution >= 0.6 is 0 Å². The summed E-state index contributed by atoms with van der Waals surface area (Å²) in [5, 5.41) is 0. The zero-order valence-corrected chi connectivity index (χ0v) is 13.0. The Kier molecular flexibility index (Phi) is 4.67. The van der Waals surface area contributed by atoms with Crippen LogP contribution in [-0.2, 0) is 4.74 Å². The highest BCUT2D eigenvalue weighted by atomic mass is 19.1. The van der Waals surface area contributed by atoms with E-state index in [2.05, 4.69) is 4.98 Å². The Balaban J connectivity index is 1.93. The topological polar surface area (TPSA) is 42.4 Å². The molecule has 0 unspecified atom stereocenters. The predicted molar refractivity (Wildman–Crippen MR) is 86.0 cm³/mol. The number of nitrogens with zero attached hydrogens (tertiary/aromatic N) is 2. The minimum absolute atomic E-state index is 0.0148. The molecule has 1 saturated heterocycles.